The van der Waals surface area contributed by atoms with Gasteiger partial charge in [-0.15, -0.1) is 0 Å². The lowest BCUT2D eigenvalue weighted by Gasteiger charge is -2.24. The molecule has 84 valence electrons. The van der Waals surface area contributed by atoms with Crippen molar-refractivity contribution in [2.24, 2.45) is 0 Å². The normalized spacial score (nSPS) is 11.8. The number of hydrogen-bond acceptors (Lipinski definition) is 3. The fourth-order valence-electron chi connectivity index (χ4n) is 1.44. The topological polar surface area (TPSA) is 27.7 Å². The van der Waals surface area contributed by atoms with Crippen molar-refractivity contribution in [3.63, 3.8) is 0 Å². The average Bonchev–Trinajstić information content (AvgIpc) is 2.26. The van der Waals surface area contributed by atoms with Crippen molar-refractivity contribution in [1.82, 2.24) is 0 Å². The predicted molar refractivity (Wildman–Crippen MR) is 62.6 cm³/mol. The van der Waals surface area contributed by atoms with Crippen LogP contribution in [0, 0.1) is 6.92 Å². The molecule has 0 saturated carbocycles. The van der Waals surface area contributed by atoms with E-state index in [1.165, 1.54) is 0 Å². The van der Waals surface area contributed by atoms with Crippen LogP contribution in [-0.4, -0.2) is 30.1 Å². The molecule has 0 saturated heterocycles. The molecule has 0 bridgehead atoms. The van der Waals surface area contributed by atoms with Crippen LogP contribution in [0.5, 0.6) is 0 Å². The van der Waals surface area contributed by atoms with Crippen molar-refractivity contribution in [3.8, 4) is 0 Å². The first-order valence-corrected chi connectivity index (χ1v) is 6.62. The Kier molecular flexibility index (Phi) is 4.30. The van der Waals surface area contributed by atoms with E-state index in [9.17, 15) is 0 Å². The van der Waals surface area contributed by atoms with Crippen LogP contribution in [0.3, 0.4) is 0 Å². The van der Waals surface area contributed by atoms with Crippen molar-refractivity contribution >= 4 is 25.6 Å². The minimum atomic E-state index is -2.71. The molecule has 15 heavy (non-hydrogen) atoms. The maximum Gasteiger partial charge on any atom is 0.536 e. The Morgan fingerprint density at radius 2 is 1.60 bits per heavy atom. The smallest absolute Gasteiger partial charge is 0.373 e. The van der Waals surface area contributed by atoms with E-state index < -0.39 is 8.80 Å². The summed E-state index contributed by atoms with van der Waals surface area (Å²) in [5.41, 5.74) is 0.984. The van der Waals surface area contributed by atoms with Crippen LogP contribution in [0.4, 0.5) is 0 Å². The van der Waals surface area contributed by atoms with Gasteiger partial charge in [0.05, 0.1) is 0 Å². The summed E-state index contributed by atoms with van der Waals surface area (Å²) in [6, 6.07) is 5.63. The highest BCUT2D eigenvalue weighted by molar-refractivity contribution is 6.75. The Balaban J connectivity index is 3.17. The monoisotopic (exact) mass is 246 g/mol. The Labute approximate surface area is 96.3 Å². The molecular weight excluding hydrogens is 232 g/mol. The molecule has 1 aromatic rings. The third-order valence-corrected chi connectivity index (χ3v) is 5.37. The van der Waals surface area contributed by atoms with Crippen molar-refractivity contribution in [2.45, 2.75) is 6.92 Å². The van der Waals surface area contributed by atoms with E-state index in [1.54, 1.807) is 21.3 Å². The maximum absolute atomic E-state index is 5.95. The highest BCUT2D eigenvalue weighted by atomic mass is 35.5. The molecule has 0 radical (unpaired) electrons. The van der Waals surface area contributed by atoms with Crippen LogP contribution < -0.4 is 5.19 Å². The van der Waals surface area contributed by atoms with Crippen molar-refractivity contribution in [3.05, 3.63) is 28.8 Å². The van der Waals surface area contributed by atoms with E-state index in [1.807, 2.05) is 25.1 Å². The van der Waals surface area contributed by atoms with Gasteiger partial charge in [-0.25, -0.2) is 0 Å². The van der Waals surface area contributed by atoms with E-state index in [0.29, 0.717) is 0 Å². The summed E-state index contributed by atoms with van der Waals surface area (Å²) in [6.07, 6.45) is 0. The van der Waals surface area contributed by atoms with Gasteiger partial charge in [-0.1, -0.05) is 23.7 Å². The van der Waals surface area contributed by atoms with Crippen LogP contribution in [0.25, 0.3) is 0 Å². The Hall–Kier alpha value is -0.393. The largest absolute Gasteiger partial charge is 0.536 e. The molecule has 3 nitrogen and oxygen atoms in total. The molecule has 0 aliphatic rings. The Morgan fingerprint density at radius 1 is 1.07 bits per heavy atom. The molecule has 0 aromatic heterocycles. The van der Waals surface area contributed by atoms with Crippen LogP contribution in [0.15, 0.2) is 18.2 Å². The average molecular weight is 247 g/mol. The molecule has 0 heterocycles. The first kappa shape index (κ1) is 12.7. The van der Waals surface area contributed by atoms with E-state index in [4.69, 9.17) is 24.9 Å². The lowest BCUT2D eigenvalue weighted by molar-refractivity contribution is 0.140. The number of halogens is 1. The minimum absolute atomic E-state index is 0.727. The third kappa shape index (κ3) is 2.41. The van der Waals surface area contributed by atoms with Crippen molar-refractivity contribution in [1.29, 1.82) is 0 Å². The molecule has 1 rings (SSSR count). The van der Waals surface area contributed by atoms with Gasteiger partial charge < -0.3 is 13.3 Å². The Bertz CT molecular complexity index is 331. The van der Waals surface area contributed by atoms with E-state index in [0.717, 1.165) is 15.8 Å². The number of benzene rings is 1. The fraction of sp³-hybridized carbons (Fsp3) is 0.400. The van der Waals surface area contributed by atoms with Gasteiger partial charge in [0.2, 0.25) is 0 Å². The van der Waals surface area contributed by atoms with Gasteiger partial charge in [0.25, 0.3) is 0 Å². The SMILES string of the molecule is CO[Si](OC)(OC)c1ccc(Cl)c(C)c1. The predicted octanol–water partition coefficient (Wildman–Crippen LogP) is 1.73. The lowest BCUT2D eigenvalue weighted by Crippen LogP contribution is -2.54. The second-order valence-electron chi connectivity index (χ2n) is 3.13. The molecule has 5 heteroatoms. The van der Waals surface area contributed by atoms with Crippen molar-refractivity contribution < 1.29 is 13.3 Å². The highest BCUT2D eigenvalue weighted by Crippen LogP contribution is 2.15. The van der Waals surface area contributed by atoms with Crippen LogP contribution in [0.2, 0.25) is 5.02 Å². The van der Waals surface area contributed by atoms with Crippen LogP contribution >= 0.6 is 11.6 Å². The third-order valence-electron chi connectivity index (χ3n) is 2.32. The van der Waals surface area contributed by atoms with Gasteiger partial charge in [0.15, 0.2) is 0 Å². The molecule has 0 aliphatic heterocycles. The summed E-state index contributed by atoms with van der Waals surface area (Å²) < 4.78 is 16.1. The van der Waals surface area contributed by atoms with Crippen molar-refractivity contribution in [2.75, 3.05) is 21.3 Å². The van der Waals surface area contributed by atoms with Gasteiger partial charge in [0.1, 0.15) is 0 Å². The number of hydrogen-bond donors (Lipinski definition) is 0. The first-order valence-electron chi connectivity index (χ1n) is 4.51. The maximum atomic E-state index is 5.95. The molecule has 0 fully saturated rings. The molecule has 1 aromatic carbocycles. The molecule has 0 atom stereocenters. The number of aryl methyl sites for hydroxylation is 1. The summed E-state index contributed by atoms with van der Waals surface area (Å²) >= 11 is 5.95. The molecule has 0 aliphatic carbocycles. The standard InChI is InChI=1S/C10H15ClO3Si/c1-8-7-9(5-6-10(8)11)15(12-2,13-3)14-4/h5-7H,1-4H3. The quantitative estimate of drug-likeness (QED) is 0.758. The summed E-state index contributed by atoms with van der Waals surface area (Å²) in [5.74, 6) is 0. The summed E-state index contributed by atoms with van der Waals surface area (Å²) in [5, 5.41) is 1.64. The number of rotatable bonds is 4. The fourth-order valence-corrected chi connectivity index (χ4v) is 3.44. The molecule has 0 unspecified atom stereocenters. The summed E-state index contributed by atoms with van der Waals surface area (Å²) in [4.78, 5) is 0. The van der Waals surface area contributed by atoms with Crippen LogP contribution in [0.1, 0.15) is 5.56 Å². The molecule has 0 spiro atoms. The van der Waals surface area contributed by atoms with E-state index in [2.05, 4.69) is 0 Å². The van der Waals surface area contributed by atoms with E-state index >= 15 is 0 Å². The van der Waals surface area contributed by atoms with Gasteiger partial charge >= 0.3 is 8.80 Å². The van der Waals surface area contributed by atoms with Gasteiger partial charge in [-0.3, -0.25) is 0 Å². The second kappa shape index (κ2) is 5.09. The first-order chi connectivity index (χ1) is 7.09. The minimum Gasteiger partial charge on any atom is -0.373 e. The zero-order valence-electron chi connectivity index (χ0n) is 9.33. The molecule has 0 N–H and O–H groups in total. The van der Waals surface area contributed by atoms with Gasteiger partial charge in [0, 0.05) is 31.5 Å². The highest BCUT2D eigenvalue weighted by Gasteiger charge is 2.40. The zero-order valence-corrected chi connectivity index (χ0v) is 11.1. The molecular formula is C10H15ClO3Si. The lowest BCUT2D eigenvalue weighted by atomic mass is 10.2. The second-order valence-corrected chi connectivity index (χ2v) is 6.45. The summed E-state index contributed by atoms with van der Waals surface area (Å²) in [6.45, 7) is 1.94. The zero-order chi connectivity index (χ0) is 11.5. The summed E-state index contributed by atoms with van der Waals surface area (Å²) in [7, 11) is 2.05. The van der Waals surface area contributed by atoms with Gasteiger partial charge in [-0.05, 0) is 18.6 Å². The Morgan fingerprint density at radius 3 is 2.00 bits per heavy atom. The van der Waals surface area contributed by atoms with Gasteiger partial charge in [-0.2, -0.15) is 0 Å². The van der Waals surface area contributed by atoms with E-state index in [-0.39, 0.29) is 0 Å². The van der Waals surface area contributed by atoms with Crippen LogP contribution in [-0.2, 0) is 13.3 Å². The molecule has 0 amide bonds.